The lowest BCUT2D eigenvalue weighted by Crippen LogP contribution is -2.35. The van der Waals surface area contributed by atoms with Gasteiger partial charge in [-0.1, -0.05) is 35.5 Å². The number of aromatic amines is 1. The number of fused-ring (bicyclic) bond motifs is 1. The van der Waals surface area contributed by atoms with Gasteiger partial charge in [-0.3, -0.25) is 9.36 Å². The van der Waals surface area contributed by atoms with Crippen molar-refractivity contribution >= 4 is 10.9 Å². The van der Waals surface area contributed by atoms with Crippen LogP contribution in [0.25, 0.3) is 33.7 Å². The maximum atomic E-state index is 13.0. The van der Waals surface area contributed by atoms with Gasteiger partial charge in [0.2, 0.25) is 5.82 Å². The topological polar surface area (TPSA) is 103 Å². The second kappa shape index (κ2) is 10.0. The highest BCUT2D eigenvalue weighted by Gasteiger charge is 2.14. The van der Waals surface area contributed by atoms with Crippen molar-refractivity contribution < 1.29 is 9.26 Å². The molecule has 0 unspecified atom stereocenters. The Bertz CT molecular complexity index is 1600. The van der Waals surface area contributed by atoms with E-state index in [1.54, 1.807) is 18.2 Å². The molecule has 182 valence electrons. The second-order valence-electron chi connectivity index (χ2n) is 8.85. The molecule has 0 spiro atoms. The van der Waals surface area contributed by atoms with E-state index in [0.717, 1.165) is 17.7 Å². The first-order valence-corrected chi connectivity index (χ1v) is 11.9. The Labute approximate surface area is 207 Å². The Balaban J connectivity index is 1.36. The minimum Gasteiger partial charge on any atom is -0.491 e. The molecule has 0 saturated carbocycles. The summed E-state index contributed by atoms with van der Waals surface area (Å²) >= 11 is 0. The van der Waals surface area contributed by atoms with Crippen molar-refractivity contribution in [1.82, 2.24) is 19.7 Å². The van der Waals surface area contributed by atoms with Gasteiger partial charge in [0, 0.05) is 17.7 Å². The number of nitrogens with one attached hydrogen (secondary N) is 1. The molecule has 0 radical (unpaired) electrons. The standard InChI is InChI=1S/C28H26N4O4/c1-18(2)35-22-13-10-20(11-14-22)25-30-26(36-31-25)21-12-15-23-24(17-21)29-28(34)32(27(23)33)16-6-9-19-7-4-3-5-8-19/h3-5,7-8,10-15,17-18H,6,9,16H2,1-2H3,(H,29,34). The Kier molecular flexibility index (Phi) is 6.49. The molecule has 0 bridgehead atoms. The zero-order chi connectivity index (χ0) is 25.1. The molecule has 1 N–H and O–H groups in total. The van der Waals surface area contributed by atoms with E-state index in [1.165, 1.54) is 10.1 Å². The fourth-order valence-electron chi connectivity index (χ4n) is 4.09. The molecule has 8 nitrogen and oxygen atoms in total. The average Bonchev–Trinajstić information content (AvgIpc) is 3.37. The number of hydrogen-bond acceptors (Lipinski definition) is 6. The van der Waals surface area contributed by atoms with Crippen molar-refractivity contribution in [1.29, 1.82) is 0 Å². The van der Waals surface area contributed by atoms with Crippen molar-refractivity contribution in [3.05, 3.63) is 99.2 Å². The zero-order valence-electron chi connectivity index (χ0n) is 20.1. The molecule has 5 aromatic rings. The summed E-state index contributed by atoms with van der Waals surface area (Å²) in [5.74, 6) is 1.49. The summed E-state index contributed by atoms with van der Waals surface area (Å²) < 4.78 is 12.4. The van der Waals surface area contributed by atoms with Gasteiger partial charge in [-0.15, -0.1) is 0 Å². The smallest absolute Gasteiger partial charge is 0.328 e. The van der Waals surface area contributed by atoms with Gasteiger partial charge in [0.25, 0.3) is 11.4 Å². The van der Waals surface area contributed by atoms with E-state index in [4.69, 9.17) is 9.26 Å². The summed E-state index contributed by atoms with van der Waals surface area (Å²) in [7, 11) is 0. The third-order valence-electron chi connectivity index (χ3n) is 5.83. The number of ether oxygens (including phenoxy) is 1. The summed E-state index contributed by atoms with van der Waals surface area (Å²) in [5, 5.41) is 4.51. The normalized spacial score (nSPS) is 11.3. The molecule has 0 aliphatic heterocycles. The highest BCUT2D eigenvalue weighted by atomic mass is 16.5. The van der Waals surface area contributed by atoms with E-state index < -0.39 is 5.69 Å². The predicted molar refractivity (Wildman–Crippen MR) is 138 cm³/mol. The van der Waals surface area contributed by atoms with E-state index >= 15 is 0 Å². The van der Waals surface area contributed by atoms with Gasteiger partial charge < -0.3 is 14.2 Å². The van der Waals surface area contributed by atoms with Crippen molar-refractivity contribution in [3.8, 4) is 28.6 Å². The Morgan fingerprint density at radius 3 is 2.47 bits per heavy atom. The minimum absolute atomic E-state index is 0.0883. The molecular weight excluding hydrogens is 456 g/mol. The maximum Gasteiger partial charge on any atom is 0.328 e. The summed E-state index contributed by atoms with van der Waals surface area (Å²) in [5.41, 5.74) is 2.24. The largest absolute Gasteiger partial charge is 0.491 e. The molecule has 2 heterocycles. The third kappa shape index (κ3) is 4.98. The summed E-state index contributed by atoms with van der Waals surface area (Å²) in [6.45, 7) is 4.28. The van der Waals surface area contributed by atoms with Crippen LogP contribution in [0.4, 0.5) is 0 Å². The first-order chi connectivity index (χ1) is 17.5. The van der Waals surface area contributed by atoms with E-state index in [0.29, 0.717) is 41.1 Å². The highest BCUT2D eigenvalue weighted by molar-refractivity contribution is 5.82. The van der Waals surface area contributed by atoms with Crippen LogP contribution in [0.5, 0.6) is 5.75 Å². The van der Waals surface area contributed by atoms with Gasteiger partial charge in [-0.05, 0) is 74.7 Å². The molecule has 0 aliphatic carbocycles. The monoisotopic (exact) mass is 482 g/mol. The van der Waals surface area contributed by atoms with Crippen molar-refractivity contribution in [2.45, 2.75) is 39.3 Å². The van der Waals surface area contributed by atoms with Crippen LogP contribution in [0.2, 0.25) is 0 Å². The molecule has 0 atom stereocenters. The first kappa shape index (κ1) is 23.3. The number of H-pyrrole nitrogens is 1. The van der Waals surface area contributed by atoms with Gasteiger partial charge in [0.1, 0.15) is 5.75 Å². The molecule has 0 fully saturated rings. The van der Waals surface area contributed by atoms with Gasteiger partial charge >= 0.3 is 5.69 Å². The number of benzene rings is 3. The molecule has 3 aromatic carbocycles. The SMILES string of the molecule is CC(C)Oc1ccc(-c2noc(-c3ccc4c(=O)n(CCCc5ccccc5)c(=O)[nH]c4c3)n2)cc1. The van der Waals surface area contributed by atoms with Crippen LogP contribution in [0.15, 0.2) is 86.9 Å². The summed E-state index contributed by atoms with van der Waals surface area (Å²) in [6, 6.07) is 22.5. The van der Waals surface area contributed by atoms with Crippen molar-refractivity contribution in [2.75, 3.05) is 0 Å². The summed E-state index contributed by atoms with van der Waals surface area (Å²) in [4.78, 5) is 33.0. The third-order valence-corrected chi connectivity index (χ3v) is 5.83. The zero-order valence-corrected chi connectivity index (χ0v) is 20.1. The lowest BCUT2D eigenvalue weighted by atomic mass is 10.1. The van der Waals surface area contributed by atoms with Gasteiger partial charge in [-0.2, -0.15) is 4.98 Å². The Morgan fingerprint density at radius 1 is 0.972 bits per heavy atom. The lowest BCUT2D eigenvalue weighted by Gasteiger charge is -2.09. The fourth-order valence-corrected chi connectivity index (χ4v) is 4.09. The quantitative estimate of drug-likeness (QED) is 0.340. The molecule has 8 heteroatoms. The number of nitrogens with zero attached hydrogens (tertiary/aromatic N) is 3. The number of hydrogen-bond donors (Lipinski definition) is 1. The molecular formula is C28H26N4O4. The minimum atomic E-state index is -0.437. The fraction of sp³-hybridized carbons (Fsp3) is 0.214. The molecule has 36 heavy (non-hydrogen) atoms. The van der Waals surface area contributed by atoms with Gasteiger partial charge in [0.05, 0.1) is 17.0 Å². The van der Waals surface area contributed by atoms with Crippen LogP contribution in [0.1, 0.15) is 25.8 Å². The highest BCUT2D eigenvalue weighted by Crippen LogP contribution is 2.25. The molecule has 2 aromatic heterocycles. The predicted octanol–water partition coefficient (Wildman–Crippen LogP) is 4.83. The summed E-state index contributed by atoms with van der Waals surface area (Å²) in [6.07, 6.45) is 1.56. The number of aryl methyl sites for hydroxylation is 1. The average molecular weight is 483 g/mol. The van der Waals surface area contributed by atoms with E-state index in [-0.39, 0.29) is 11.7 Å². The van der Waals surface area contributed by atoms with Crippen LogP contribution in [-0.2, 0) is 13.0 Å². The van der Waals surface area contributed by atoms with E-state index in [9.17, 15) is 9.59 Å². The van der Waals surface area contributed by atoms with E-state index in [1.807, 2.05) is 68.4 Å². The van der Waals surface area contributed by atoms with Crippen LogP contribution in [-0.4, -0.2) is 25.8 Å². The molecule has 5 rings (SSSR count). The molecule has 0 amide bonds. The lowest BCUT2D eigenvalue weighted by molar-refractivity contribution is 0.242. The van der Waals surface area contributed by atoms with Gasteiger partial charge in [-0.25, -0.2) is 4.79 Å². The van der Waals surface area contributed by atoms with Crippen LogP contribution < -0.4 is 16.0 Å². The first-order valence-electron chi connectivity index (χ1n) is 11.9. The number of aromatic nitrogens is 4. The van der Waals surface area contributed by atoms with Crippen LogP contribution >= 0.6 is 0 Å². The Hall–Kier alpha value is -4.46. The number of rotatable bonds is 8. The van der Waals surface area contributed by atoms with Gasteiger partial charge in [0.15, 0.2) is 0 Å². The maximum absolute atomic E-state index is 13.0. The van der Waals surface area contributed by atoms with Crippen LogP contribution in [0.3, 0.4) is 0 Å². The van der Waals surface area contributed by atoms with Crippen LogP contribution in [0, 0.1) is 0 Å². The van der Waals surface area contributed by atoms with E-state index in [2.05, 4.69) is 15.1 Å². The molecule has 0 aliphatic rings. The van der Waals surface area contributed by atoms with Crippen molar-refractivity contribution in [2.24, 2.45) is 0 Å². The van der Waals surface area contributed by atoms with Crippen molar-refractivity contribution in [3.63, 3.8) is 0 Å². The second-order valence-corrected chi connectivity index (χ2v) is 8.85. The Morgan fingerprint density at radius 2 is 1.72 bits per heavy atom. The molecule has 0 saturated heterocycles.